The number of esters is 1. The molecule has 0 atom stereocenters. The van der Waals surface area contributed by atoms with Crippen LogP contribution in [-0.4, -0.2) is 55.2 Å². The molecule has 1 aromatic carbocycles. The van der Waals surface area contributed by atoms with Crippen molar-refractivity contribution in [1.82, 2.24) is 10.2 Å². The minimum atomic E-state index is -0.602. The number of hydrogen-bond acceptors (Lipinski definition) is 5. The summed E-state index contributed by atoms with van der Waals surface area (Å²) in [7, 11) is 0. The van der Waals surface area contributed by atoms with Crippen LogP contribution in [0.4, 0.5) is 4.79 Å². The number of halogens is 1. The number of nitrogens with zero attached hydrogens (tertiary/aromatic N) is 1. The van der Waals surface area contributed by atoms with Crippen LogP contribution in [0.2, 0.25) is 5.02 Å². The van der Waals surface area contributed by atoms with Gasteiger partial charge in [-0.15, -0.1) is 0 Å². The zero-order valence-electron chi connectivity index (χ0n) is 14.0. The van der Waals surface area contributed by atoms with Gasteiger partial charge in [-0.3, -0.25) is 4.79 Å². The van der Waals surface area contributed by atoms with Gasteiger partial charge in [0.25, 0.3) is 5.91 Å². The number of hydrogen-bond donors (Lipinski definition) is 1. The van der Waals surface area contributed by atoms with Crippen LogP contribution in [0.15, 0.2) is 24.3 Å². The van der Waals surface area contributed by atoms with E-state index < -0.39 is 5.97 Å². The van der Waals surface area contributed by atoms with Gasteiger partial charge < -0.3 is 19.7 Å². The van der Waals surface area contributed by atoms with E-state index >= 15 is 0 Å². The number of rotatable bonds is 5. The number of likely N-dealkylation sites (tertiary alicyclic amines) is 1. The van der Waals surface area contributed by atoms with Crippen molar-refractivity contribution in [3.05, 3.63) is 34.9 Å². The fraction of sp³-hybridized carbons (Fsp3) is 0.471. The molecule has 0 unspecified atom stereocenters. The van der Waals surface area contributed by atoms with Gasteiger partial charge in [-0.1, -0.05) is 17.7 Å². The second kappa shape index (κ2) is 9.27. The first-order valence-corrected chi connectivity index (χ1v) is 8.51. The SMILES string of the molecule is CCOC(=O)N1CCC(NC(=O)COC(=O)c2cccc(Cl)c2)CC1. The third-order valence-electron chi connectivity index (χ3n) is 3.78. The summed E-state index contributed by atoms with van der Waals surface area (Å²) >= 11 is 5.81. The van der Waals surface area contributed by atoms with Gasteiger partial charge in [-0.2, -0.15) is 0 Å². The summed E-state index contributed by atoms with van der Waals surface area (Å²) in [6, 6.07) is 6.27. The van der Waals surface area contributed by atoms with Crippen molar-refractivity contribution < 1.29 is 23.9 Å². The Morgan fingerprint density at radius 2 is 1.96 bits per heavy atom. The number of benzene rings is 1. The lowest BCUT2D eigenvalue weighted by Crippen LogP contribution is -2.47. The highest BCUT2D eigenvalue weighted by Crippen LogP contribution is 2.13. The van der Waals surface area contributed by atoms with Crippen molar-refractivity contribution in [3.63, 3.8) is 0 Å². The molecule has 1 heterocycles. The number of carbonyl (C=O) groups excluding carboxylic acids is 3. The molecule has 0 bridgehead atoms. The quantitative estimate of drug-likeness (QED) is 0.805. The molecule has 0 saturated carbocycles. The Balaban J connectivity index is 1.71. The maximum Gasteiger partial charge on any atom is 0.409 e. The molecule has 8 heteroatoms. The van der Waals surface area contributed by atoms with Crippen molar-refractivity contribution in [2.24, 2.45) is 0 Å². The van der Waals surface area contributed by atoms with E-state index in [4.69, 9.17) is 21.1 Å². The van der Waals surface area contributed by atoms with Gasteiger partial charge in [0.1, 0.15) is 0 Å². The maximum absolute atomic E-state index is 11.9. The van der Waals surface area contributed by atoms with E-state index in [9.17, 15) is 14.4 Å². The first-order valence-electron chi connectivity index (χ1n) is 8.13. The fourth-order valence-electron chi connectivity index (χ4n) is 2.52. The first-order chi connectivity index (χ1) is 12.0. The number of piperidine rings is 1. The molecule has 136 valence electrons. The number of nitrogens with one attached hydrogen (secondary N) is 1. The van der Waals surface area contributed by atoms with Gasteiger partial charge in [0.05, 0.1) is 12.2 Å². The van der Waals surface area contributed by atoms with Crippen molar-refractivity contribution in [2.75, 3.05) is 26.3 Å². The minimum absolute atomic E-state index is 0.0527. The van der Waals surface area contributed by atoms with Crippen LogP contribution in [0.1, 0.15) is 30.1 Å². The predicted molar refractivity (Wildman–Crippen MR) is 91.5 cm³/mol. The first kappa shape index (κ1) is 19.1. The lowest BCUT2D eigenvalue weighted by Gasteiger charge is -2.31. The van der Waals surface area contributed by atoms with E-state index in [0.29, 0.717) is 43.1 Å². The molecule has 1 aliphatic rings. The maximum atomic E-state index is 11.9. The zero-order chi connectivity index (χ0) is 18.2. The van der Waals surface area contributed by atoms with Crippen molar-refractivity contribution >= 4 is 29.6 Å². The Bertz CT molecular complexity index is 629. The lowest BCUT2D eigenvalue weighted by molar-refractivity contribution is -0.125. The van der Waals surface area contributed by atoms with E-state index in [1.165, 1.54) is 6.07 Å². The second-order valence-corrected chi connectivity index (χ2v) is 6.05. The van der Waals surface area contributed by atoms with E-state index in [-0.39, 0.29) is 24.6 Å². The van der Waals surface area contributed by atoms with Crippen molar-refractivity contribution in [3.8, 4) is 0 Å². The highest BCUT2D eigenvalue weighted by atomic mass is 35.5. The molecule has 0 aromatic heterocycles. The molecule has 1 N–H and O–H groups in total. The number of amides is 2. The summed E-state index contributed by atoms with van der Waals surface area (Å²) in [5.41, 5.74) is 0.294. The van der Waals surface area contributed by atoms with Crippen LogP contribution < -0.4 is 5.32 Å². The Labute approximate surface area is 151 Å². The highest BCUT2D eigenvalue weighted by molar-refractivity contribution is 6.30. The molecule has 25 heavy (non-hydrogen) atoms. The summed E-state index contributed by atoms with van der Waals surface area (Å²) in [5, 5.41) is 3.23. The molecule has 0 radical (unpaired) electrons. The van der Waals surface area contributed by atoms with Crippen LogP contribution in [0.3, 0.4) is 0 Å². The van der Waals surface area contributed by atoms with Gasteiger partial charge >= 0.3 is 12.1 Å². The summed E-state index contributed by atoms with van der Waals surface area (Å²) < 4.78 is 9.93. The van der Waals surface area contributed by atoms with Gasteiger partial charge in [-0.05, 0) is 38.0 Å². The molecular formula is C17H21ClN2O5. The third-order valence-corrected chi connectivity index (χ3v) is 4.02. The molecule has 2 rings (SSSR count). The van der Waals surface area contributed by atoms with E-state index in [2.05, 4.69) is 5.32 Å². The van der Waals surface area contributed by atoms with E-state index in [0.717, 1.165) is 0 Å². The van der Waals surface area contributed by atoms with Crippen molar-refractivity contribution in [1.29, 1.82) is 0 Å². The summed E-state index contributed by atoms with van der Waals surface area (Å²) in [4.78, 5) is 37.0. The molecule has 1 aliphatic heterocycles. The van der Waals surface area contributed by atoms with E-state index in [1.54, 1.807) is 30.0 Å². The predicted octanol–water partition coefficient (Wildman–Crippen LogP) is 2.23. The molecule has 0 aliphatic carbocycles. The van der Waals surface area contributed by atoms with Gasteiger partial charge in [-0.25, -0.2) is 9.59 Å². The molecule has 2 amide bonds. The van der Waals surface area contributed by atoms with Crippen molar-refractivity contribution in [2.45, 2.75) is 25.8 Å². The summed E-state index contributed by atoms with van der Waals surface area (Å²) in [6.07, 6.45) is 0.933. The zero-order valence-corrected chi connectivity index (χ0v) is 14.8. The molecule has 7 nitrogen and oxygen atoms in total. The Kier molecular flexibility index (Phi) is 7.06. The molecule has 0 spiro atoms. The molecule has 1 saturated heterocycles. The summed E-state index contributed by atoms with van der Waals surface area (Å²) in [6.45, 7) is 2.78. The number of ether oxygens (including phenoxy) is 2. The second-order valence-electron chi connectivity index (χ2n) is 5.61. The lowest BCUT2D eigenvalue weighted by atomic mass is 10.1. The van der Waals surface area contributed by atoms with Gasteiger partial charge in [0.2, 0.25) is 0 Å². The monoisotopic (exact) mass is 368 g/mol. The van der Waals surface area contributed by atoms with Crippen LogP contribution >= 0.6 is 11.6 Å². The molecule has 1 fully saturated rings. The largest absolute Gasteiger partial charge is 0.452 e. The Morgan fingerprint density at radius 3 is 2.60 bits per heavy atom. The molecular weight excluding hydrogens is 348 g/mol. The average molecular weight is 369 g/mol. The van der Waals surface area contributed by atoms with Crippen LogP contribution in [0, 0.1) is 0 Å². The van der Waals surface area contributed by atoms with Crippen LogP contribution in [0.5, 0.6) is 0 Å². The summed E-state index contributed by atoms with van der Waals surface area (Å²) in [5.74, 6) is -0.972. The Hall–Kier alpha value is -2.28. The fourth-order valence-corrected chi connectivity index (χ4v) is 2.71. The highest BCUT2D eigenvalue weighted by Gasteiger charge is 2.24. The normalized spacial score (nSPS) is 14.7. The topological polar surface area (TPSA) is 84.9 Å². The van der Waals surface area contributed by atoms with Crippen LogP contribution in [-0.2, 0) is 14.3 Å². The Morgan fingerprint density at radius 1 is 1.24 bits per heavy atom. The standard InChI is InChI=1S/C17H21ClN2O5/c1-2-24-17(23)20-8-6-14(7-9-20)19-15(21)11-25-16(22)12-4-3-5-13(18)10-12/h3-5,10,14H,2,6-9,11H2,1H3,(H,19,21). The molecule has 1 aromatic rings. The number of carbonyl (C=O) groups is 3. The smallest absolute Gasteiger partial charge is 0.409 e. The van der Waals surface area contributed by atoms with Gasteiger partial charge in [0, 0.05) is 24.2 Å². The van der Waals surface area contributed by atoms with Crippen LogP contribution in [0.25, 0.3) is 0 Å². The van der Waals surface area contributed by atoms with E-state index in [1.807, 2.05) is 0 Å². The average Bonchev–Trinajstić information content (AvgIpc) is 2.60. The third kappa shape index (κ3) is 5.94. The van der Waals surface area contributed by atoms with Gasteiger partial charge in [0.15, 0.2) is 6.61 Å². The minimum Gasteiger partial charge on any atom is -0.452 e.